The second kappa shape index (κ2) is 5.73. The molecular weight excluding hydrogens is 256 g/mol. The molecular formula is C19H30N2. The van der Waals surface area contributed by atoms with E-state index in [4.69, 9.17) is 0 Å². The van der Waals surface area contributed by atoms with Gasteiger partial charge < -0.3 is 5.32 Å². The van der Waals surface area contributed by atoms with Crippen LogP contribution in [-0.4, -0.2) is 30.6 Å². The molecule has 2 nitrogen and oxygen atoms in total. The molecule has 1 aromatic rings. The van der Waals surface area contributed by atoms with E-state index in [0.29, 0.717) is 17.5 Å². The van der Waals surface area contributed by atoms with Crippen LogP contribution in [0.1, 0.15) is 57.2 Å². The summed E-state index contributed by atoms with van der Waals surface area (Å²) in [6.45, 7) is 8.26. The molecule has 1 saturated carbocycles. The quantitative estimate of drug-likeness (QED) is 0.886. The lowest BCUT2D eigenvalue weighted by molar-refractivity contribution is 0.180. The van der Waals surface area contributed by atoms with Crippen molar-refractivity contribution in [2.24, 2.45) is 5.41 Å². The van der Waals surface area contributed by atoms with Gasteiger partial charge in [-0.25, -0.2) is 0 Å². The van der Waals surface area contributed by atoms with E-state index in [-0.39, 0.29) is 0 Å². The molecule has 1 aromatic carbocycles. The number of nitrogens with one attached hydrogen (secondary N) is 1. The van der Waals surface area contributed by atoms with Crippen molar-refractivity contribution < 1.29 is 0 Å². The summed E-state index contributed by atoms with van der Waals surface area (Å²) < 4.78 is 0. The van der Waals surface area contributed by atoms with Crippen LogP contribution in [0.4, 0.5) is 0 Å². The fraction of sp³-hybridized carbons (Fsp3) is 0.684. The van der Waals surface area contributed by atoms with E-state index in [1.165, 1.54) is 36.8 Å². The SMILES string of the molecule is CC(CNC1c2ccccc2CCC1(C)C)N(C)C1CC1. The molecule has 1 N–H and O–H groups in total. The Morgan fingerprint density at radius 1 is 1.29 bits per heavy atom. The molecule has 3 rings (SSSR count). The normalized spacial score (nSPS) is 25.7. The molecule has 2 atom stereocenters. The molecule has 0 bridgehead atoms. The maximum atomic E-state index is 3.89. The molecule has 0 radical (unpaired) electrons. The van der Waals surface area contributed by atoms with Gasteiger partial charge in [-0.1, -0.05) is 38.1 Å². The summed E-state index contributed by atoms with van der Waals surface area (Å²) in [5.41, 5.74) is 3.40. The highest BCUT2D eigenvalue weighted by atomic mass is 15.2. The van der Waals surface area contributed by atoms with Crippen molar-refractivity contribution in [1.82, 2.24) is 10.2 Å². The second-order valence-electron chi connectivity index (χ2n) is 7.77. The van der Waals surface area contributed by atoms with E-state index in [1.807, 2.05) is 0 Å². The van der Waals surface area contributed by atoms with E-state index in [2.05, 4.69) is 62.3 Å². The maximum absolute atomic E-state index is 3.89. The summed E-state index contributed by atoms with van der Waals surface area (Å²) in [7, 11) is 2.28. The Bertz CT molecular complexity index is 490. The predicted molar refractivity (Wildman–Crippen MR) is 89.5 cm³/mol. The highest BCUT2D eigenvalue weighted by Gasteiger charge is 2.36. The average Bonchev–Trinajstić information content (AvgIpc) is 3.29. The van der Waals surface area contributed by atoms with Gasteiger partial charge in [-0.3, -0.25) is 4.90 Å². The van der Waals surface area contributed by atoms with Crippen molar-refractivity contribution in [1.29, 1.82) is 0 Å². The minimum atomic E-state index is 0.340. The largest absolute Gasteiger partial charge is 0.308 e. The Morgan fingerprint density at radius 3 is 2.71 bits per heavy atom. The molecule has 0 aromatic heterocycles. The van der Waals surface area contributed by atoms with Gasteiger partial charge in [0.25, 0.3) is 0 Å². The van der Waals surface area contributed by atoms with Gasteiger partial charge in [0.15, 0.2) is 0 Å². The van der Waals surface area contributed by atoms with Crippen LogP contribution in [0.25, 0.3) is 0 Å². The molecule has 2 aliphatic rings. The lowest BCUT2D eigenvalue weighted by Gasteiger charge is -2.41. The van der Waals surface area contributed by atoms with Crippen LogP contribution in [0.5, 0.6) is 0 Å². The molecule has 116 valence electrons. The van der Waals surface area contributed by atoms with Gasteiger partial charge >= 0.3 is 0 Å². The number of hydrogen-bond donors (Lipinski definition) is 1. The number of fused-ring (bicyclic) bond motifs is 1. The maximum Gasteiger partial charge on any atom is 0.0375 e. The molecule has 0 saturated heterocycles. The summed E-state index contributed by atoms with van der Waals surface area (Å²) >= 11 is 0. The summed E-state index contributed by atoms with van der Waals surface area (Å²) in [4.78, 5) is 2.55. The zero-order valence-corrected chi connectivity index (χ0v) is 14.0. The Morgan fingerprint density at radius 2 is 2.00 bits per heavy atom. The third kappa shape index (κ3) is 3.17. The molecule has 0 amide bonds. The third-order valence-electron chi connectivity index (χ3n) is 5.62. The van der Waals surface area contributed by atoms with E-state index in [1.54, 1.807) is 0 Å². The van der Waals surface area contributed by atoms with E-state index >= 15 is 0 Å². The molecule has 0 spiro atoms. The Kier molecular flexibility index (Phi) is 4.11. The van der Waals surface area contributed by atoms with Crippen molar-refractivity contribution in [3.05, 3.63) is 35.4 Å². The first kappa shape index (κ1) is 15.1. The number of likely N-dealkylation sites (N-methyl/N-ethyl adjacent to an activating group) is 1. The van der Waals surface area contributed by atoms with Gasteiger partial charge in [0.1, 0.15) is 0 Å². The molecule has 1 fully saturated rings. The first-order valence-electron chi connectivity index (χ1n) is 8.52. The van der Waals surface area contributed by atoms with Crippen molar-refractivity contribution >= 4 is 0 Å². The van der Waals surface area contributed by atoms with Crippen LogP contribution >= 0.6 is 0 Å². The fourth-order valence-electron chi connectivity index (χ4n) is 3.73. The van der Waals surface area contributed by atoms with Crippen LogP contribution in [-0.2, 0) is 6.42 Å². The number of hydrogen-bond acceptors (Lipinski definition) is 2. The van der Waals surface area contributed by atoms with E-state index in [0.717, 1.165) is 12.6 Å². The van der Waals surface area contributed by atoms with E-state index < -0.39 is 0 Å². The first-order chi connectivity index (χ1) is 9.99. The Labute approximate surface area is 129 Å². The minimum Gasteiger partial charge on any atom is -0.308 e. The average molecular weight is 286 g/mol. The topological polar surface area (TPSA) is 15.3 Å². The third-order valence-corrected chi connectivity index (χ3v) is 5.62. The smallest absolute Gasteiger partial charge is 0.0375 e. The summed E-state index contributed by atoms with van der Waals surface area (Å²) in [5.74, 6) is 0. The summed E-state index contributed by atoms with van der Waals surface area (Å²) in [5, 5.41) is 3.89. The summed E-state index contributed by atoms with van der Waals surface area (Å²) in [6.07, 6.45) is 5.27. The highest BCUT2D eigenvalue weighted by Crippen LogP contribution is 2.43. The molecule has 2 heteroatoms. The van der Waals surface area contributed by atoms with Crippen LogP contribution < -0.4 is 5.32 Å². The molecule has 0 heterocycles. The van der Waals surface area contributed by atoms with Crippen LogP contribution in [0.3, 0.4) is 0 Å². The van der Waals surface area contributed by atoms with Gasteiger partial charge in [-0.2, -0.15) is 0 Å². The van der Waals surface area contributed by atoms with Crippen molar-refractivity contribution in [2.75, 3.05) is 13.6 Å². The van der Waals surface area contributed by atoms with Gasteiger partial charge in [0, 0.05) is 24.7 Å². The number of rotatable bonds is 5. The fourth-order valence-corrected chi connectivity index (χ4v) is 3.73. The zero-order chi connectivity index (χ0) is 15.0. The minimum absolute atomic E-state index is 0.340. The summed E-state index contributed by atoms with van der Waals surface area (Å²) in [6, 6.07) is 10.9. The number of aryl methyl sites for hydroxylation is 1. The molecule has 0 aliphatic heterocycles. The predicted octanol–water partition coefficient (Wildman–Crippen LogP) is 3.77. The highest BCUT2D eigenvalue weighted by molar-refractivity contribution is 5.34. The van der Waals surface area contributed by atoms with Crippen molar-refractivity contribution in [3.8, 4) is 0 Å². The number of benzene rings is 1. The molecule has 2 aliphatic carbocycles. The van der Waals surface area contributed by atoms with E-state index in [9.17, 15) is 0 Å². The van der Waals surface area contributed by atoms with Gasteiger partial charge in [0.2, 0.25) is 0 Å². The van der Waals surface area contributed by atoms with Crippen LogP contribution in [0.15, 0.2) is 24.3 Å². The lowest BCUT2D eigenvalue weighted by atomic mass is 9.70. The van der Waals surface area contributed by atoms with Crippen LogP contribution in [0, 0.1) is 5.41 Å². The van der Waals surface area contributed by atoms with Gasteiger partial charge in [-0.05, 0) is 56.2 Å². The van der Waals surface area contributed by atoms with Gasteiger partial charge in [-0.15, -0.1) is 0 Å². The van der Waals surface area contributed by atoms with Crippen molar-refractivity contribution in [2.45, 2.75) is 64.6 Å². The lowest BCUT2D eigenvalue weighted by Crippen LogP contribution is -2.45. The van der Waals surface area contributed by atoms with Crippen LogP contribution in [0.2, 0.25) is 0 Å². The standard InChI is InChI=1S/C19H30N2/c1-14(21(4)16-9-10-16)13-20-18-17-8-6-5-7-15(17)11-12-19(18,2)3/h5-8,14,16,18,20H,9-13H2,1-4H3. The second-order valence-corrected chi connectivity index (χ2v) is 7.77. The Balaban J connectivity index is 1.70. The first-order valence-corrected chi connectivity index (χ1v) is 8.52. The van der Waals surface area contributed by atoms with Gasteiger partial charge in [0.05, 0.1) is 0 Å². The van der Waals surface area contributed by atoms with Crippen molar-refractivity contribution in [3.63, 3.8) is 0 Å². The Hall–Kier alpha value is -0.860. The monoisotopic (exact) mass is 286 g/mol. The number of nitrogens with zero attached hydrogens (tertiary/aromatic N) is 1. The molecule has 2 unspecified atom stereocenters. The molecule has 21 heavy (non-hydrogen) atoms. The zero-order valence-electron chi connectivity index (χ0n) is 14.0.